The van der Waals surface area contributed by atoms with Crippen molar-refractivity contribution in [2.75, 3.05) is 26.2 Å². The van der Waals surface area contributed by atoms with Gasteiger partial charge in [0.15, 0.2) is 0 Å². The first kappa shape index (κ1) is 14.1. The molecule has 1 aromatic rings. The number of piperazine rings is 1. The van der Waals surface area contributed by atoms with Crippen molar-refractivity contribution in [1.82, 2.24) is 14.8 Å². The molecule has 0 aromatic carbocycles. The van der Waals surface area contributed by atoms with Crippen molar-refractivity contribution in [2.24, 2.45) is 0 Å². The van der Waals surface area contributed by atoms with E-state index in [2.05, 4.69) is 25.8 Å². The highest BCUT2D eigenvalue weighted by Gasteiger charge is 2.33. The first-order valence-electron chi connectivity index (χ1n) is 7.20. The molecular weight excluding hydrogens is 322 g/mol. The van der Waals surface area contributed by atoms with E-state index < -0.39 is 0 Å². The molecule has 2 heterocycles. The standard InChI is InChI=1S/C14H20BrN3O2/c15-10-8-11(16-9-10)14(20)18-6-4-17(5-7-18)12-2-1-3-13(12)19/h8-9,12-13,16,19H,1-7H2/t12-,13-/m1/s1. The van der Waals surface area contributed by atoms with Crippen molar-refractivity contribution in [3.63, 3.8) is 0 Å². The zero-order valence-corrected chi connectivity index (χ0v) is 13.0. The molecule has 2 fully saturated rings. The van der Waals surface area contributed by atoms with Gasteiger partial charge in [0.05, 0.1) is 6.10 Å². The van der Waals surface area contributed by atoms with Gasteiger partial charge in [0.2, 0.25) is 0 Å². The summed E-state index contributed by atoms with van der Waals surface area (Å²) in [5, 5.41) is 9.96. The Morgan fingerprint density at radius 2 is 2.05 bits per heavy atom. The normalized spacial score (nSPS) is 28.0. The summed E-state index contributed by atoms with van der Waals surface area (Å²) in [7, 11) is 0. The second-order valence-corrected chi connectivity index (χ2v) is 6.54. The van der Waals surface area contributed by atoms with Crippen LogP contribution in [-0.4, -0.2) is 64.1 Å². The summed E-state index contributed by atoms with van der Waals surface area (Å²) in [5.41, 5.74) is 0.631. The quantitative estimate of drug-likeness (QED) is 0.855. The van der Waals surface area contributed by atoms with Gasteiger partial charge < -0.3 is 15.0 Å². The monoisotopic (exact) mass is 341 g/mol. The SMILES string of the molecule is O=C(c1cc(Br)c[nH]1)N1CCN([C@@H]2CCC[C@H]2O)CC1. The number of amides is 1. The molecule has 1 saturated heterocycles. The molecule has 3 rings (SSSR count). The molecule has 1 aliphatic carbocycles. The zero-order valence-electron chi connectivity index (χ0n) is 11.4. The van der Waals surface area contributed by atoms with E-state index in [0.717, 1.165) is 49.9 Å². The van der Waals surface area contributed by atoms with Crippen molar-refractivity contribution in [2.45, 2.75) is 31.4 Å². The molecule has 0 unspecified atom stereocenters. The predicted octanol–water partition coefficient (Wildman–Crippen LogP) is 1.45. The van der Waals surface area contributed by atoms with E-state index in [4.69, 9.17) is 0 Å². The lowest BCUT2D eigenvalue weighted by Crippen LogP contribution is -2.53. The molecule has 20 heavy (non-hydrogen) atoms. The van der Waals surface area contributed by atoms with Gasteiger partial charge in [-0.3, -0.25) is 9.69 Å². The Kier molecular flexibility index (Phi) is 4.14. The van der Waals surface area contributed by atoms with Crippen LogP contribution < -0.4 is 0 Å². The molecule has 0 radical (unpaired) electrons. The van der Waals surface area contributed by atoms with Gasteiger partial charge in [-0.2, -0.15) is 0 Å². The molecule has 110 valence electrons. The van der Waals surface area contributed by atoms with Gasteiger partial charge in [0.1, 0.15) is 5.69 Å². The summed E-state index contributed by atoms with van der Waals surface area (Å²) in [6, 6.07) is 2.11. The van der Waals surface area contributed by atoms with Crippen LogP contribution in [0.2, 0.25) is 0 Å². The predicted molar refractivity (Wildman–Crippen MR) is 79.6 cm³/mol. The molecule has 5 nitrogen and oxygen atoms in total. The Balaban J connectivity index is 1.57. The van der Waals surface area contributed by atoms with E-state index in [1.807, 2.05) is 11.0 Å². The van der Waals surface area contributed by atoms with Crippen molar-refractivity contribution in [1.29, 1.82) is 0 Å². The number of aliphatic hydroxyl groups excluding tert-OH is 1. The Bertz CT molecular complexity index is 483. The van der Waals surface area contributed by atoms with E-state index >= 15 is 0 Å². The van der Waals surface area contributed by atoms with Crippen molar-refractivity contribution in [3.8, 4) is 0 Å². The molecule has 1 saturated carbocycles. The van der Waals surface area contributed by atoms with Crippen LogP contribution in [0.25, 0.3) is 0 Å². The Morgan fingerprint density at radius 3 is 2.60 bits per heavy atom. The zero-order chi connectivity index (χ0) is 14.1. The highest BCUT2D eigenvalue weighted by atomic mass is 79.9. The fourth-order valence-corrected chi connectivity index (χ4v) is 3.61. The Labute approximate surface area is 127 Å². The summed E-state index contributed by atoms with van der Waals surface area (Å²) < 4.78 is 0.897. The third kappa shape index (κ3) is 2.77. The number of halogens is 1. The maximum absolute atomic E-state index is 12.3. The summed E-state index contributed by atoms with van der Waals surface area (Å²) >= 11 is 3.35. The number of carbonyl (C=O) groups is 1. The van der Waals surface area contributed by atoms with Crippen LogP contribution in [0, 0.1) is 0 Å². The molecule has 2 atom stereocenters. The highest BCUT2D eigenvalue weighted by Crippen LogP contribution is 2.25. The van der Waals surface area contributed by atoms with E-state index in [1.54, 1.807) is 6.20 Å². The molecule has 2 aliphatic rings. The number of carbonyl (C=O) groups excluding carboxylic acids is 1. The van der Waals surface area contributed by atoms with Gasteiger partial charge in [-0.15, -0.1) is 0 Å². The second kappa shape index (κ2) is 5.87. The van der Waals surface area contributed by atoms with Crippen LogP contribution in [-0.2, 0) is 0 Å². The number of aliphatic hydroxyl groups is 1. The van der Waals surface area contributed by atoms with Crippen LogP contribution >= 0.6 is 15.9 Å². The molecule has 1 aromatic heterocycles. The number of H-pyrrole nitrogens is 1. The highest BCUT2D eigenvalue weighted by molar-refractivity contribution is 9.10. The number of hydrogen-bond acceptors (Lipinski definition) is 3. The van der Waals surface area contributed by atoms with E-state index in [0.29, 0.717) is 11.7 Å². The molecule has 1 aliphatic heterocycles. The lowest BCUT2D eigenvalue weighted by molar-refractivity contribution is 0.0313. The number of aromatic amines is 1. The summed E-state index contributed by atoms with van der Waals surface area (Å²) in [6.45, 7) is 3.18. The van der Waals surface area contributed by atoms with Gasteiger partial charge >= 0.3 is 0 Å². The lowest BCUT2D eigenvalue weighted by atomic mass is 10.1. The van der Waals surface area contributed by atoms with E-state index in [9.17, 15) is 9.90 Å². The van der Waals surface area contributed by atoms with Crippen LogP contribution in [0.4, 0.5) is 0 Å². The minimum atomic E-state index is -0.184. The molecular formula is C14H20BrN3O2. The van der Waals surface area contributed by atoms with Gasteiger partial charge in [0, 0.05) is 42.9 Å². The van der Waals surface area contributed by atoms with Crippen LogP contribution in [0.1, 0.15) is 29.8 Å². The van der Waals surface area contributed by atoms with Crippen LogP contribution in [0.5, 0.6) is 0 Å². The summed E-state index contributed by atoms with van der Waals surface area (Å²) in [4.78, 5) is 19.5. The van der Waals surface area contributed by atoms with Gasteiger partial charge in [-0.05, 0) is 41.3 Å². The third-order valence-electron chi connectivity index (χ3n) is 4.39. The molecule has 6 heteroatoms. The smallest absolute Gasteiger partial charge is 0.270 e. The molecule has 0 bridgehead atoms. The minimum absolute atomic E-state index is 0.0577. The summed E-state index contributed by atoms with van der Waals surface area (Å²) in [5.74, 6) is 0.0577. The number of aromatic nitrogens is 1. The maximum Gasteiger partial charge on any atom is 0.270 e. The molecule has 0 spiro atoms. The largest absolute Gasteiger partial charge is 0.391 e. The van der Waals surface area contributed by atoms with Crippen LogP contribution in [0.15, 0.2) is 16.7 Å². The first-order chi connectivity index (χ1) is 9.65. The second-order valence-electron chi connectivity index (χ2n) is 5.63. The van der Waals surface area contributed by atoms with E-state index in [-0.39, 0.29) is 12.0 Å². The van der Waals surface area contributed by atoms with Gasteiger partial charge in [-0.25, -0.2) is 0 Å². The average Bonchev–Trinajstić information content (AvgIpc) is 3.07. The third-order valence-corrected chi connectivity index (χ3v) is 4.85. The fraction of sp³-hybridized carbons (Fsp3) is 0.643. The fourth-order valence-electron chi connectivity index (χ4n) is 3.27. The minimum Gasteiger partial charge on any atom is -0.391 e. The molecule has 2 N–H and O–H groups in total. The Hall–Kier alpha value is -0.850. The van der Waals surface area contributed by atoms with Crippen molar-refractivity contribution in [3.05, 3.63) is 22.4 Å². The number of rotatable bonds is 2. The van der Waals surface area contributed by atoms with Crippen molar-refractivity contribution >= 4 is 21.8 Å². The van der Waals surface area contributed by atoms with Gasteiger partial charge in [0.25, 0.3) is 5.91 Å². The number of nitrogens with zero attached hydrogens (tertiary/aromatic N) is 2. The summed E-state index contributed by atoms with van der Waals surface area (Å²) in [6.07, 6.45) is 4.70. The molecule has 1 amide bonds. The van der Waals surface area contributed by atoms with Gasteiger partial charge in [-0.1, -0.05) is 0 Å². The Morgan fingerprint density at radius 1 is 1.30 bits per heavy atom. The number of nitrogens with one attached hydrogen (secondary N) is 1. The van der Waals surface area contributed by atoms with Crippen LogP contribution in [0.3, 0.4) is 0 Å². The number of hydrogen-bond donors (Lipinski definition) is 2. The first-order valence-corrected chi connectivity index (χ1v) is 8.00. The topological polar surface area (TPSA) is 59.6 Å². The average molecular weight is 342 g/mol. The van der Waals surface area contributed by atoms with Crippen molar-refractivity contribution < 1.29 is 9.90 Å². The maximum atomic E-state index is 12.3. The van der Waals surface area contributed by atoms with E-state index in [1.165, 1.54) is 0 Å². The lowest BCUT2D eigenvalue weighted by Gasteiger charge is -2.38.